The number of ether oxygens (including phenoxy) is 1. The first-order valence-electron chi connectivity index (χ1n) is 10.3. The van der Waals surface area contributed by atoms with Gasteiger partial charge in [0, 0.05) is 11.5 Å². The Morgan fingerprint density at radius 2 is 1.69 bits per heavy atom. The second-order valence-corrected chi connectivity index (χ2v) is 13.5. The second kappa shape index (κ2) is 9.88. The van der Waals surface area contributed by atoms with Gasteiger partial charge in [-0.1, -0.05) is 13.8 Å². The summed E-state index contributed by atoms with van der Waals surface area (Å²) in [6, 6.07) is 0. The molecule has 0 amide bonds. The molecule has 1 aliphatic rings. The Kier molecular flexibility index (Phi) is 7.99. The van der Waals surface area contributed by atoms with E-state index in [2.05, 4.69) is 28.9 Å². The maximum absolute atomic E-state index is 12.0. The van der Waals surface area contributed by atoms with Gasteiger partial charge < -0.3 is 29.6 Å². The average Bonchev–Trinajstić information content (AvgIpc) is 3.19. The van der Waals surface area contributed by atoms with Gasteiger partial charge in [0.1, 0.15) is 12.6 Å². The van der Waals surface area contributed by atoms with Crippen LogP contribution in [0.15, 0.2) is 12.7 Å². The first kappa shape index (κ1) is 28.3. The molecule has 3 heterocycles. The van der Waals surface area contributed by atoms with E-state index in [0.717, 1.165) is 0 Å². The number of phosphoric acid groups is 3. The fraction of sp³-hybridized carbons (Fsp3) is 0.688. The van der Waals surface area contributed by atoms with Crippen LogP contribution < -0.4 is 5.32 Å². The Morgan fingerprint density at radius 1 is 1.03 bits per heavy atom. The summed E-state index contributed by atoms with van der Waals surface area (Å²) in [4.78, 5) is 49.2. The number of phosphoric ester groups is 1. The molecule has 0 radical (unpaired) electrons. The third-order valence-electron chi connectivity index (χ3n) is 5.12. The van der Waals surface area contributed by atoms with E-state index in [9.17, 15) is 23.5 Å². The van der Waals surface area contributed by atoms with Crippen molar-refractivity contribution in [2.24, 2.45) is 11.8 Å². The van der Waals surface area contributed by atoms with Gasteiger partial charge in [0.05, 0.1) is 19.0 Å². The summed E-state index contributed by atoms with van der Waals surface area (Å²) in [6.45, 7) is 9.10. The maximum atomic E-state index is 12.0. The van der Waals surface area contributed by atoms with Gasteiger partial charge in [0.25, 0.3) is 0 Å². The Hall–Kier alpha value is -1.28. The van der Waals surface area contributed by atoms with Crippen molar-refractivity contribution >= 4 is 40.4 Å². The molecule has 3 rings (SSSR count). The van der Waals surface area contributed by atoms with Crippen molar-refractivity contribution in [1.82, 2.24) is 19.5 Å². The summed E-state index contributed by atoms with van der Waals surface area (Å²) in [6.07, 6.45) is 1.60. The highest BCUT2D eigenvalue weighted by Crippen LogP contribution is 2.66. The van der Waals surface area contributed by atoms with Crippen molar-refractivity contribution in [3.05, 3.63) is 12.7 Å². The number of nitrogens with one attached hydrogen (secondary N) is 1. The largest absolute Gasteiger partial charge is 0.490 e. The third kappa shape index (κ3) is 7.37. The standard InChI is InChI=1S/C16H28N5O11P3/c1-9-10(2)15(21-8-19-12-13(20-16(3,4)5)17-7-18-14(12)21)30-11(9)6-29-34(25,26)32-35(27,28)31-33(22,23)24/h7-11,15H,6H2,1-5H3,(H,25,26)(H,27,28)(H,17,18,20)(H2,22,23,24)/t9-,10?,11-,15-/m1/s1. The smallest absolute Gasteiger partial charge is 0.364 e. The highest BCUT2D eigenvalue weighted by Gasteiger charge is 2.44. The highest BCUT2D eigenvalue weighted by atomic mass is 31.3. The minimum absolute atomic E-state index is 0.143. The van der Waals surface area contributed by atoms with Gasteiger partial charge >= 0.3 is 23.5 Å². The summed E-state index contributed by atoms with van der Waals surface area (Å²) in [5, 5.41) is 3.26. The van der Waals surface area contributed by atoms with E-state index < -0.39 is 42.4 Å². The van der Waals surface area contributed by atoms with Gasteiger partial charge in [-0.3, -0.25) is 9.09 Å². The molecular formula is C16H28N5O11P3. The first-order valence-corrected chi connectivity index (χ1v) is 14.8. The zero-order valence-corrected chi connectivity index (χ0v) is 22.1. The Balaban J connectivity index is 1.73. The first-order chi connectivity index (χ1) is 15.9. The molecule has 3 unspecified atom stereocenters. The Labute approximate surface area is 200 Å². The molecule has 0 saturated carbocycles. The quantitative estimate of drug-likeness (QED) is 0.278. The van der Waals surface area contributed by atoms with Gasteiger partial charge in [-0.2, -0.15) is 8.62 Å². The minimum Gasteiger partial charge on any atom is -0.364 e. The van der Waals surface area contributed by atoms with Gasteiger partial charge in [-0.05, 0) is 26.7 Å². The van der Waals surface area contributed by atoms with E-state index in [0.29, 0.717) is 17.0 Å². The molecule has 6 atom stereocenters. The molecule has 1 saturated heterocycles. The number of anilines is 1. The van der Waals surface area contributed by atoms with Crippen molar-refractivity contribution in [3.8, 4) is 0 Å². The van der Waals surface area contributed by atoms with E-state index >= 15 is 0 Å². The van der Waals surface area contributed by atoms with Crippen molar-refractivity contribution < 1.29 is 51.2 Å². The topological polar surface area (TPSA) is 225 Å². The van der Waals surface area contributed by atoms with E-state index in [-0.39, 0.29) is 17.4 Å². The Bertz CT molecular complexity index is 1210. The molecule has 2 aromatic rings. The lowest BCUT2D eigenvalue weighted by Crippen LogP contribution is -2.27. The number of hydrogen-bond acceptors (Lipinski definition) is 11. The fourth-order valence-corrected chi connectivity index (χ4v) is 6.52. The van der Waals surface area contributed by atoms with Crippen LogP contribution in [0.5, 0.6) is 0 Å². The summed E-state index contributed by atoms with van der Waals surface area (Å²) < 4.78 is 54.2. The van der Waals surface area contributed by atoms with Crippen LogP contribution >= 0.6 is 23.5 Å². The molecule has 16 nitrogen and oxygen atoms in total. The number of aromatic nitrogens is 4. The van der Waals surface area contributed by atoms with Crippen LogP contribution in [-0.4, -0.2) is 57.3 Å². The van der Waals surface area contributed by atoms with E-state index in [1.54, 1.807) is 10.9 Å². The van der Waals surface area contributed by atoms with Crippen LogP contribution in [0.3, 0.4) is 0 Å². The van der Waals surface area contributed by atoms with Crippen molar-refractivity contribution in [2.45, 2.75) is 52.5 Å². The molecule has 0 bridgehead atoms. The molecular weight excluding hydrogens is 531 g/mol. The molecule has 1 fully saturated rings. The lowest BCUT2D eigenvalue weighted by Gasteiger charge is -2.21. The predicted molar refractivity (Wildman–Crippen MR) is 121 cm³/mol. The lowest BCUT2D eigenvalue weighted by atomic mass is 9.93. The zero-order chi connectivity index (χ0) is 26.4. The molecule has 0 spiro atoms. The van der Waals surface area contributed by atoms with Crippen molar-refractivity contribution in [1.29, 1.82) is 0 Å². The van der Waals surface area contributed by atoms with Crippen molar-refractivity contribution in [3.63, 3.8) is 0 Å². The molecule has 5 N–H and O–H groups in total. The van der Waals surface area contributed by atoms with Gasteiger partial charge in [0.2, 0.25) is 0 Å². The molecule has 19 heteroatoms. The number of hydrogen-bond donors (Lipinski definition) is 5. The monoisotopic (exact) mass is 559 g/mol. The maximum Gasteiger partial charge on any atom is 0.490 e. The summed E-state index contributed by atoms with van der Waals surface area (Å²) in [5.74, 6) is 0.179. The lowest BCUT2D eigenvalue weighted by molar-refractivity contribution is -0.0331. The summed E-state index contributed by atoms with van der Waals surface area (Å²) in [7, 11) is -16.3. The van der Waals surface area contributed by atoms with Crippen LogP contribution in [-0.2, 0) is 31.6 Å². The third-order valence-corrected chi connectivity index (χ3v) is 8.93. The normalized spacial score (nSPS) is 27.0. The molecule has 1 aliphatic heterocycles. The zero-order valence-electron chi connectivity index (χ0n) is 19.4. The highest BCUT2D eigenvalue weighted by molar-refractivity contribution is 7.66. The number of nitrogens with zero attached hydrogens (tertiary/aromatic N) is 4. The molecule has 0 aromatic carbocycles. The fourth-order valence-electron chi connectivity index (χ4n) is 3.49. The SMILES string of the molecule is CC1[C@@H](C)[C@@H](COP(=O)(O)OP(=O)(O)OP(=O)(O)O)O[C@H]1n1cnc2c(NC(C)(C)C)ncnc21. The van der Waals surface area contributed by atoms with Crippen molar-refractivity contribution in [2.75, 3.05) is 11.9 Å². The molecule has 0 aliphatic carbocycles. The van der Waals surface area contributed by atoms with Crippen LogP contribution in [0, 0.1) is 11.8 Å². The van der Waals surface area contributed by atoms with Gasteiger partial charge in [-0.25, -0.2) is 28.6 Å². The van der Waals surface area contributed by atoms with Crippen LogP contribution in [0.4, 0.5) is 5.82 Å². The number of fused-ring (bicyclic) bond motifs is 1. The predicted octanol–water partition coefficient (Wildman–Crippen LogP) is 2.55. The minimum atomic E-state index is -5.60. The Morgan fingerprint density at radius 3 is 2.29 bits per heavy atom. The van der Waals surface area contributed by atoms with Crippen LogP contribution in [0.1, 0.15) is 40.8 Å². The van der Waals surface area contributed by atoms with Gasteiger partial charge in [0.15, 0.2) is 17.0 Å². The number of rotatable bonds is 9. The van der Waals surface area contributed by atoms with Crippen LogP contribution in [0.2, 0.25) is 0 Å². The van der Waals surface area contributed by atoms with E-state index in [1.807, 2.05) is 34.6 Å². The molecule has 198 valence electrons. The second-order valence-electron chi connectivity index (χ2n) is 9.09. The number of imidazole rings is 1. The van der Waals surface area contributed by atoms with Crippen LogP contribution in [0.25, 0.3) is 11.2 Å². The average molecular weight is 559 g/mol. The van der Waals surface area contributed by atoms with E-state index in [4.69, 9.17) is 19.0 Å². The molecule has 35 heavy (non-hydrogen) atoms. The summed E-state index contributed by atoms with van der Waals surface area (Å²) in [5.41, 5.74) is 0.765. The van der Waals surface area contributed by atoms with Gasteiger partial charge in [-0.15, -0.1) is 0 Å². The molecule has 2 aromatic heterocycles. The summed E-state index contributed by atoms with van der Waals surface area (Å²) >= 11 is 0. The van der Waals surface area contributed by atoms with E-state index in [1.165, 1.54) is 6.33 Å².